The van der Waals surface area contributed by atoms with Crippen molar-refractivity contribution in [3.63, 3.8) is 0 Å². The van der Waals surface area contributed by atoms with E-state index in [0.717, 1.165) is 5.56 Å². The molecule has 0 amide bonds. The van der Waals surface area contributed by atoms with E-state index in [1.807, 2.05) is 44.2 Å². The molecule has 6 heteroatoms. The molecule has 0 N–H and O–H groups in total. The van der Waals surface area contributed by atoms with Crippen molar-refractivity contribution in [2.24, 2.45) is 11.1 Å². The average Bonchev–Trinajstić information content (AvgIpc) is 2.59. The van der Waals surface area contributed by atoms with Gasteiger partial charge in [-0.15, -0.1) is 0 Å². The molecule has 0 aromatic heterocycles. The number of rotatable bonds is 5. The number of benzene rings is 1. The fraction of sp³-hybridized carbons (Fsp3) is 0.500. The molecule has 24 heavy (non-hydrogen) atoms. The Labute approximate surface area is 141 Å². The summed E-state index contributed by atoms with van der Waals surface area (Å²) in [5.41, 5.74) is 1.29. The maximum atomic E-state index is 11.9. The normalized spacial score (nSPS) is 19.2. The number of carbonyl (C=O) groups is 2. The average molecular weight is 333 g/mol. The molecular formula is C18H23NO5. The number of methoxy groups -OCH3 is 2. The summed E-state index contributed by atoms with van der Waals surface area (Å²) in [4.78, 5) is 29.4. The van der Waals surface area contributed by atoms with Crippen LogP contribution in [-0.2, 0) is 23.9 Å². The Kier molecular flexibility index (Phi) is 5.59. The van der Waals surface area contributed by atoms with Gasteiger partial charge >= 0.3 is 11.9 Å². The molecule has 0 unspecified atom stereocenters. The van der Waals surface area contributed by atoms with Crippen LogP contribution < -0.4 is 0 Å². The highest BCUT2D eigenvalue weighted by Gasteiger charge is 2.38. The summed E-state index contributed by atoms with van der Waals surface area (Å²) in [5.74, 6) is -2.36. The second-order valence-electron chi connectivity index (χ2n) is 6.40. The molecule has 0 aliphatic carbocycles. The molecule has 0 bridgehead atoms. The summed E-state index contributed by atoms with van der Waals surface area (Å²) >= 11 is 0. The Hall–Kier alpha value is -2.37. The molecule has 6 nitrogen and oxygen atoms in total. The largest absolute Gasteiger partial charge is 0.468 e. The molecule has 2 rings (SSSR count). The maximum absolute atomic E-state index is 11.9. The SMILES string of the molecule is COC(=O)C(CC1=NOC(C)(C)C[C@H]1c1ccccc1)C(=O)OC. The number of carbonyl (C=O) groups excluding carboxylic acids is 2. The minimum Gasteiger partial charge on any atom is -0.468 e. The van der Waals surface area contributed by atoms with Gasteiger partial charge in [0.1, 0.15) is 5.60 Å². The van der Waals surface area contributed by atoms with Crippen molar-refractivity contribution in [3.8, 4) is 0 Å². The van der Waals surface area contributed by atoms with Gasteiger partial charge in [0, 0.05) is 18.8 Å². The minimum atomic E-state index is -1.05. The van der Waals surface area contributed by atoms with Crippen LogP contribution in [0.5, 0.6) is 0 Å². The molecule has 1 aliphatic rings. The van der Waals surface area contributed by atoms with Gasteiger partial charge in [-0.05, 0) is 19.4 Å². The third-order valence-electron chi connectivity index (χ3n) is 4.09. The van der Waals surface area contributed by atoms with E-state index < -0.39 is 23.5 Å². The summed E-state index contributed by atoms with van der Waals surface area (Å²) in [6, 6.07) is 9.86. The molecule has 0 spiro atoms. The number of nitrogens with zero attached hydrogens (tertiary/aromatic N) is 1. The second kappa shape index (κ2) is 7.47. The van der Waals surface area contributed by atoms with Gasteiger partial charge in [-0.3, -0.25) is 9.59 Å². The maximum Gasteiger partial charge on any atom is 0.320 e. The van der Waals surface area contributed by atoms with Crippen molar-refractivity contribution in [1.82, 2.24) is 0 Å². The summed E-state index contributed by atoms with van der Waals surface area (Å²) in [6.45, 7) is 3.92. The minimum absolute atomic E-state index is 0.0354. The van der Waals surface area contributed by atoms with Crippen LogP contribution in [0.25, 0.3) is 0 Å². The lowest BCUT2D eigenvalue weighted by molar-refractivity contribution is -0.158. The van der Waals surface area contributed by atoms with Crippen LogP contribution in [0.2, 0.25) is 0 Å². The van der Waals surface area contributed by atoms with Crippen LogP contribution >= 0.6 is 0 Å². The Morgan fingerprint density at radius 3 is 2.33 bits per heavy atom. The van der Waals surface area contributed by atoms with E-state index in [1.54, 1.807) is 0 Å². The van der Waals surface area contributed by atoms with Gasteiger partial charge in [-0.25, -0.2) is 0 Å². The first-order valence-corrected chi connectivity index (χ1v) is 7.83. The number of hydrogen-bond donors (Lipinski definition) is 0. The molecule has 0 saturated carbocycles. The fourth-order valence-corrected chi connectivity index (χ4v) is 2.82. The van der Waals surface area contributed by atoms with Crippen LogP contribution in [-0.4, -0.2) is 37.5 Å². The summed E-state index contributed by atoms with van der Waals surface area (Å²) in [6.07, 6.45) is 0.805. The summed E-state index contributed by atoms with van der Waals surface area (Å²) in [5, 5.41) is 4.21. The van der Waals surface area contributed by atoms with Crippen molar-refractivity contribution in [2.75, 3.05) is 14.2 Å². The zero-order valence-electron chi connectivity index (χ0n) is 14.4. The van der Waals surface area contributed by atoms with Gasteiger partial charge in [0.15, 0.2) is 5.92 Å². The predicted octanol–water partition coefficient (Wildman–Crippen LogP) is 2.68. The number of hydrogen-bond acceptors (Lipinski definition) is 6. The molecule has 1 aromatic carbocycles. The Balaban J connectivity index is 2.32. The van der Waals surface area contributed by atoms with Gasteiger partial charge in [-0.1, -0.05) is 35.5 Å². The van der Waals surface area contributed by atoms with Crippen molar-refractivity contribution in [1.29, 1.82) is 0 Å². The van der Waals surface area contributed by atoms with Gasteiger partial charge in [0.2, 0.25) is 0 Å². The van der Waals surface area contributed by atoms with Crippen LogP contribution in [0, 0.1) is 5.92 Å². The van der Waals surface area contributed by atoms with Crippen molar-refractivity contribution < 1.29 is 23.9 Å². The number of esters is 2. The van der Waals surface area contributed by atoms with Crippen molar-refractivity contribution in [3.05, 3.63) is 35.9 Å². The van der Waals surface area contributed by atoms with Crippen LogP contribution in [0.3, 0.4) is 0 Å². The first-order valence-electron chi connectivity index (χ1n) is 7.83. The smallest absolute Gasteiger partial charge is 0.320 e. The van der Waals surface area contributed by atoms with Gasteiger partial charge in [-0.2, -0.15) is 0 Å². The first kappa shape index (κ1) is 18.0. The number of ether oxygens (including phenoxy) is 2. The summed E-state index contributed by atoms with van der Waals surface area (Å²) in [7, 11) is 2.49. The van der Waals surface area contributed by atoms with Gasteiger partial charge < -0.3 is 14.3 Å². The lowest BCUT2D eigenvalue weighted by Gasteiger charge is -2.34. The molecule has 0 radical (unpaired) electrons. The van der Waals surface area contributed by atoms with E-state index in [4.69, 9.17) is 14.3 Å². The highest BCUT2D eigenvalue weighted by Crippen LogP contribution is 2.36. The molecule has 1 atom stereocenters. The van der Waals surface area contributed by atoms with Gasteiger partial charge in [0.05, 0.1) is 19.9 Å². The zero-order valence-corrected chi connectivity index (χ0v) is 14.4. The summed E-state index contributed by atoms with van der Waals surface area (Å²) < 4.78 is 9.45. The van der Waals surface area contributed by atoms with Crippen LogP contribution in [0.4, 0.5) is 0 Å². The topological polar surface area (TPSA) is 74.2 Å². The highest BCUT2D eigenvalue weighted by atomic mass is 16.6. The molecule has 1 aromatic rings. The lowest BCUT2D eigenvalue weighted by atomic mass is 9.80. The molecule has 1 heterocycles. The van der Waals surface area contributed by atoms with E-state index in [-0.39, 0.29) is 12.3 Å². The lowest BCUT2D eigenvalue weighted by Crippen LogP contribution is -2.37. The predicted molar refractivity (Wildman–Crippen MR) is 88.5 cm³/mol. The van der Waals surface area contributed by atoms with E-state index >= 15 is 0 Å². The van der Waals surface area contributed by atoms with E-state index in [1.165, 1.54) is 14.2 Å². The van der Waals surface area contributed by atoms with Crippen molar-refractivity contribution >= 4 is 17.7 Å². The Morgan fingerprint density at radius 2 is 1.79 bits per heavy atom. The third-order valence-corrected chi connectivity index (χ3v) is 4.09. The molecular weight excluding hydrogens is 310 g/mol. The highest BCUT2D eigenvalue weighted by molar-refractivity contribution is 6.02. The molecule has 0 saturated heterocycles. The number of oxime groups is 1. The fourth-order valence-electron chi connectivity index (χ4n) is 2.82. The first-order chi connectivity index (χ1) is 11.4. The molecule has 0 fully saturated rings. The van der Waals surface area contributed by atoms with Crippen LogP contribution in [0.15, 0.2) is 35.5 Å². The van der Waals surface area contributed by atoms with E-state index in [2.05, 4.69) is 5.16 Å². The van der Waals surface area contributed by atoms with E-state index in [9.17, 15) is 9.59 Å². The quantitative estimate of drug-likeness (QED) is 0.612. The molecule has 1 aliphatic heterocycles. The van der Waals surface area contributed by atoms with Crippen LogP contribution in [0.1, 0.15) is 38.2 Å². The van der Waals surface area contributed by atoms with Crippen molar-refractivity contribution in [2.45, 2.75) is 38.2 Å². The monoisotopic (exact) mass is 333 g/mol. The van der Waals surface area contributed by atoms with Gasteiger partial charge in [0.25, 0.3) is 0 Å². The third kappa shape index (κ3) is 4.13. The second-order valence-corrected chi connectivity index (χ2v) is 6.40. The zero-order chi connectivity index (χ0) is 17.7. The molecule has 130 valence electrons. The van der Waals surface area contributed by atoms with E-state index in [0.29, 0.717) is 12.1 Å². The Bertz CT molecular complexity index is 608. The standard InChI is InChI=1S/C18H23NO5/c1-18(2)11-14(12-8-6-5-7-9-12)15(19-24-18)10-13(16(20)22-3)17(21)23-4/h5-9,13-14H,10-11H2,1-4H3/t14-/m0/s1. The Morgan fingerprint density at radius 1 is 1.21 bits per heavy atom.